The molecule has 0 bridgehead atoms. The molecule has 2 rings (SSSR count). The molecule has 22 heavy (non-hydrogen) atoms. The first-order valence-electron chi connectivity index (χ1n) is 8.19. The zero-order valence-electron chi connectivity index (χ0n) is 14.8. The third-order valence-electron chi connectivity index (χ3n) is 5.61. The van der Waals surface area contributed by atoms with E-state index in [0.717, 1.165) is 0 Å². The van der Waals surface area contributed by atoms with Crippen LogP contribution in [0.4, 0.5) is 0 Å². The minimum Gasteiger partial charge on any atom is -0.0645 e. The summed E-state index contributed by atoms with van der Waals surface area (Å²) in [6, 6.07) is 22.4. The van der Waals surface area contributed by atoms with Crippen molar-refractivity contribution in [1.82, 2.24) is 0 Å². The number of hydrogen-bond donors (Lipinski definition) is 0. The summed E-state index contributed by atoms with van der Waals surface area (Å²) in [6.45, 7) is 14.9. The van der Waals surface area contributed by atoms with Crippen LogP contribution < -0.4 is 10.6 Å². The van der Waals surface area contributed by atoms with Crippen molar-refractivity contribution in [3.05, 3.63) is 60.7 Å². The topological polar surface area (TPSA) is 0 Å². The summed E-state index contributed by atoms with van der Waals surface area (Å²) < 4.78 is 0. The third kappa shape index (κ3) is 3.21. The van der Waals surface area contributed by atoms with Crippen molar-refractivity contribution in [2.24, 2.45) is 5.92 Å². The first kappa shape index (κ1) is 17.4. The molecule has 0 N–H and O–H groups in total. The SMILES string of the molecule is CC(C)C(C)(C)[Si](C)(C)P(c1ccccc1)c1ccccc1. The van der Waals surface area contributed by atoms with Gasteiger partial charge in [0, 0.05) is 0 Å². The van der Waals surface area contributed by atoms with Gasteiger partial charge in [-0.25, -0.2) is 0 Å². The van der Waals surface area contributed by atoms with Crippen molar-refractivity contribution < 1.29 is 0 Å². The Labute approximate surface area is 138 Å². The fourth-order valence-corrected chi connectivity index (χ4v) is 14.7. The Kier molecular flexibility index (Phi) is 5.30. The lowest BCUT2D eigenvalue weighted by atomic mass is 9.99. The second kappa shape index (κ2) is 6.68. The zero-order valence-corrected chi connectivity index (χ0v) is 16.7. The first-order chi connectivity index (χ1) is 10.3. The molecule has 0 atom stereocenters. The molecular weight excluding hydrogens is 299 g/mol. The van der Waals surface area contributed by atoms with Crippen LogP contribution in [-0.4, -0.2) is 7.74 Å². The minimum atomic E-state index is -1.54. The molecule has 0 fully saturated rings. The summed E-state index contributed by atoms with van der Waals surface area (Å²) in [5, 5.41) is 3.47. The molecular formula is C20H29PSi. The molecule has 2 heteroatoms. The van der Waals surface area contributed by atoms with E-state index in [2.05, 4.69) is 101 Å². The molecule has 0 nitrogen and oxygen atoms in total. The van der Waals surface area contributed by atoms with Gasteiger partial charge in [0.1, 0.15) is 0 Å². The molecule has 2 aromatic rings. The summed E-state index contributed by atoms with van der Waals surface area (Å²) in [5.74, 6) is 0.701. The molecule has 0 unspecified atom stereocenters. The summed E-state index contributed by atoms with van der Waals surface area (Å²) >= 11 is 0. The molecule has 0 aliphatic carbocycles. The van der Waals surface area contributed by atoms with Crippen molar-refractivity contribution in [3.8, 4) is 0 Å². The van der Waals surface area contributed by atoms with Crippen LogP contribution in [0.5, 0.6) is 0 Å². The number of benzene rings is 2. The standard InChI is InChI=1S/C20H29PSi/c1-17(2)20(3,4)22(5,6)21(18-13-9-7-10-14-18)19-15-11-8-12-16-19/h7-17H,1-6H3. The normalized spacial score (nSPS) is 12.9. The van der Waals surface area contributed by atoms with E-state index >= 15 is 0 Å². The Hall–Kier alpha value is -0.913. The van der Waals surface area contributed by atoms with Gasteiger partial charge in [-0.1, -0.05) is 109 Å². The van der Waals surface area contributed by atoms with Crippen molar-refractivity contribution in [2.45, 2.75) is 45.8 Å². The lowest BCUT2D eigenvalue weighted by molar-refractivity contribution is 0.465. The molecule has 0 aromatic heterocycles. The van der Waals surface area contributed by atoms with Gasteiger partial charge >= 0.3 is 0 Å². The van der Waals surface area contributed by atoms with Gasteiger partial charge in [0.15, 0.2) is 0 Å². The number of rotatable bonds is 5. The van der Waals surface area contributed by atoms with E-state index in [-0.39, 0.29) is 7.47 Å². The van der Waals surface area contributed by atoms with E-state index in [1.165, 1.54) is 10.6 Å². The summed E-state index contributed by atoms with van der Waals surface area (Å²) in [4.78, 5) is 0. The molecule has 0 amide bonds. The highest BCUT2D eigenvalue weighted by atomic mass is 31.4. The fraction of sp³-hybridized carbons (Fsp3) is 0.400. The minimum absolute atomic E-state index is 0.276. The van der Waals surface area contributed by atoms with Gasteiger partial charge in [0.05, 0.1) is 7.74 Å². The lowest BCUT2D eigenvalue weighted by Crippen LogP contribution is -2.45. The van der Waals surface area contributed by atoms with Crippen molar-refractivity contribution in [3.63, 3.8) is 0 Å². The Bertz CT molecular complexity index is 548. The van der Waals surface area contributed by atoms with Gasteiger partial charge in [-0.05, 0) is 21.6 Å². The van der Waals surface area contributed by atoms with Crippen molar-refractivity contribution in [2.75, 3.05) is 0 Å². The molecule has 0 saturated heterocycles. The highest BCUT2D eigenvalue weighted by Crippen LogP contribution is 2.59. The van der Waals surface area contributed by atoms with Crippen LogP contribution in [0.3, 0.4) is 0 Å². The van der Waals surface area contributed by atoms with Crippen LogP contribution in [0.1, 0.15) is 27.7 Å². The summed E-state index contributed by atoms with van der Waals surface area (Å²) in [7, 11) is -1.82. The van der Waals surface area contributed by atoms with E-state index in [9.17, 15) is 0 Å². The summed E-state index contributed by atoms with van der Waals surface area (Å²) in [5.41, 5.74) is 0. The van der Waals surface area contributed by atoms with Crippen LogP contribution >= 0.6 is 7.47 Å². The highest BCUT2D eigenvalue weighted by molar-refractivity contribution is 8.05. The molecule has 0 saturated carbocycles. The number of hydrogen-bond acceptors (Lipinski definition) is 0. The van der Waals surface area contributed by atoms with Gasteiger partial charge in [-0.2, -0.15) is 0 Å². The zero-order chi connectivity index (χ0) is 16.4. The second-order valence-corrected chi connectivity index (χ2v) is 18.2. The van der Waals surface area contributed by atoms with Gasteiger partial charge in [-0.3, -0.25) is 0 Å². The molecule has 2 aromatic carbocycles. The van der Waals surface area contributed by atoms with Gasteiger partial charge in [0.25, 0.3) is 0 Å². The van der Waals surface area contributed by atoms with Crippen LogP contribution in [0.25, 0.3) is 0 Å². The van der Waals surface area contributed by atoms with Crippen molar-refractivity contribution in [1.29, 1.82) is 0 Å². The van der Waals surface area contributed by atoms with E-state index < -0.39 is 7.74 Å². The largest absolute Gasteiger partial charge is 0.0916 e. The van der Waals surface area contributed by atoms with Crippen LogP contribution in [-0.2, 0) is 0 Å². The van der Waals surface area contributed by atoms with Crippen LogP contribution in [0.15, 0.2) is 60.7 Å². The average molecular weight is 329 g/mol. The Morgan fingerprint density at radius 1 is 0.773 bits per heavy atom. The average Bonchev–Trinajstić information content (AvgIpc) is 2.49. The van der Waals surface area contributed by atoms with Crippen LogP contribution in [0, 0.1) is 5.92 Å². The fourth-order valence-electron chi connectivity index (χ4n) is 2.94. The Morgan fingerprint density at radius 3 is 1.45 bits per heavy atom. The van der Waals surface area contributed by atoms with Gasteiger partial charge in [0.2, 0.25) is 0 Å². The third-order valence-corrected chi connectivity index (χ3v) is 18.7. The van der Waals surface area contributed by atoms with E-state index in [4.69, 9.17) is 0 Å². The molecule has 0 radical (unpaired) electrons. The van der Waals surface area contributed by atoms with E-state index in [0.29, 0.717) is 11.0 Å². The highest BCUT2D eigenvalue weighted by Gasteiger charge is 2.47. The van der Waals surface area contributed by atoms with E-state index in [1.807, 2.05) is 0 Å². The predicted octanol–water partition coefficient (Wildman–Crippen LogP) is 5.76. The summed E-state index contributed by atoms with van der Waals surface area (Å²) in [6.07, 6.45) is 0. The monoisotopic (exact) mass is 328 g/mol. The lowest BCUT2D eigenvalue weighted by Gasteiger charge is -2.48. The Balaban J connectivity index is 2.59. The molecule has 118 valence electrons. The second-order valence-electron chi connectivity index (χ2n) is 7.44. The van der Waals surface area contributed by atoms with E-state index in [1.54, 1.807) is 0 Å². The molecule has 0 aliphatic rings. The maximum Gasteiger partial charge on any atom is 0.0916 e. The maximum atomic E-state index is 2.60. The van der Waals surface area contributed by atoms with Crippen molar-refractivity contribution >= 4 is 25.8 Å². The van der Waals surface area contributed by atoms with Gasteiger partial charge < -0.3 is 0 Å². The maximum absolute atomic E-state index is 2.60. The quantitative estimate of drug-likeness (QED) is 0.483. The molecule has 0 spiro atoms. The molecule has 0 heterocycles. The van der Waals surface area contributed by atoms with Gasteiger partial charge in [-0.15, -0.1) is 0 Å². The predicted molar refractivity (Wildman–Crippen MR) is 105 cm³/mol. The first-order valence-corrected chi connectivity index (χ1v) is 13.4. The molecule has 0 aliphatic heterocycles. The Morgan fingerprint density at radius 2 is 1.14 bits per heavy atom. The smallest absolute Gasteiger partial charge is 0.0645 e. The van der Waals surface area contributed by atoms with Crippen LogP contribution in [0.2, 0.25) is 18.1 Å².